The predicted octanol–water partition coefficient (Wildman–Crippen LogP) is 6.10. The minimum atomic E-state index is -7.06. The van der Waals surface area contributed by atoms with Crippen molar-refractivity contribution < 1.29 is 48.3 Å². The van der Waals surface area contributed by atoms with E-state index in [1.807, 2.05) is 0 Å². The van der Waals surface area contributed by atoms with Crippen LogP contribution < -0.4 is 0 Å². The molecule has 0 saturated carbocycles. The van der Waals surface area contributed by atoms with Crippen LogP contribution in [0.4, 0.5) is 48.3 Å². The van der Waals surface area contributed by atoms with Crippen molar-refractivity contribution in [3.05, 3.63) is 0 Å². The lowest BCUT2D eigenvalue weighted by Gasteiger charge is -2.42. The maximum Gasteiger partial charge on any atom is 0.381 e. The Morgan fingerprint density at radius 2 is 1.00 bits per heavy atom. The number of alkyl halides is 11. The zero-order chi connectivity index (χ0) is 19.1. The van der Waals surface area contributed by atoms with E-state index in [-0.39, 0.29) is 6.42 Å². The van der Waals surface area contributed by atoms with Gasteiger partial charge in [0.1, 0.15) is 0 Å². The molecule has 0 N–H and O–H groups in total. The SMILES string of the molecule is CCCCC(F)(F)C(F)(F)C(F)(F)C(F)(F)C(C)(F)C(C)(F)F. The van der Waals surface area contributed by atoms with Crippen molar-refractivity contribution in [3.8, 4) is 0 Å². The van der Waals surface area contributed by atoms with E-state index in [1.54, 1.807) is 0 Å². The van der Waals surface area contributed by atoms with Gasteiger partial charge in [-0.05, 0) is 13.3 Å². The van der Waals surface area contributed by atoms with E-state index in [9.17, 15) is 48.3 Å². The van der Waals surface area contributed by atoms with Crippen LogP contribution in [0.15, 0.2) is 0 Å². The van der Waals surface area contributed by atoms with Crippen molar-refractivity contribution in [1.82, 2.24) is 0 Å². The van der Waals surface area contributed by atoms with Gasteiger partial charge in [-0.15, -0.1) is 0 Å². The van der Waals surface area contributed by atoms with E-state index in [4.69, 9.17) is 0 Å². The minimum absolute atomic E-state index is 0.151. The van der Waals surface area contributed by atoms with Gasteiger partial charge in [0.05, 0.1) is 0 Å². The van der Waals surface area contributed by atoms with Crippen molar-refractivity contribution in [2.75, 3.05) is 0 Å². The van der Waals surface area contributed by atoms with Gasteiger partial charge >= 0.3 is 23.7 Å². The molecule has 0 nitrogen and oxygen atoms in total. The summed E-state index contributed by atoms with van der Waals surface area (Å²) in [6.45, 7) is -0.0667. The van der Waals surface area contributed by atoms with Crippen LogP contribution in [0.3, 0.4) is 0 Å². The van der Waals surface area contributed by atoms with Crippen LogP contribution >= 0.6 is 0 Å². The summed E-state index contributed by atoms with van der Waals surface area (Å²) >= 11 is 0. The van der Waals surface area contributed by atoms with Crippen molar-refractivity contribution in [1.29, 1.82) is 0 Å². The maximum absolute atomic E-state index is 13.5. The summed E-state index contributed by atoms with van der Waals surface area (Å²) in [6, 6.07) is 0. The third-order valence-corrected chi connectivity index (χ3v) is 3.51. The lowest BCUT2D eigenvalue weighted by molar-refractivity contribution is -0.400. The fourth-order valence-corrected chi connectivity index (χ4v) is 1.55. The summed E-state index contributed by atoms with van der Waals surface area (Å²) in [5.41, 5.74) is -5.49. The second-order valence-corrected chi connectivity index (χ2v) is 5.42. The fourth-order valence-electron chi connectivity index (χ4n) is 1.55. The summed E-state index contributed by atoms with van der Waals surface area (Å²) in [5, 5.41) is 0. The van der Waals surface area contributed by atoms with Crippen molar-refractivity contribution in [2.24, 2.45) is 0 Å². The molecule has 0 heterocycles. The van der Waals surface area contributed by atoms with Crippen LogP contribution in [-0.4, -0.2) is 35.3 Å². The lowest BCUT2D eigenvalue weighted by atomic mass is 9.84. The molecule has 140 valence electrons. The number of hydrogen-bond donors (Lipinski definition) is 0. The first-order valence-electron chi connectivity index (χ1n) is 6.39. The summed E-state index contributed by atoms with van der Waals surface area (Å²) in [6.07, 6.45) is -2.77. The van der Waals surface area contributed by atoms with Crippen LogP contribution in [0.1, 0.15) is 40.0 Å². The highest BCUT2D eigenvalue weighted by molar-refractivity contribution is 5.13. The van der Waals surface area contributed by atoms with Gasteiger partial charge in [-0.25, -0.2) is 13.2 Å². The molecule has 23 heavy (non-hydrogen) atoms. The molecule has 0 bridgehead atoms. The highest BCUT2D eigenvalue weighted by Crippen LogP contribution is 2.59. The zero-order valence-corrected chi connectivity index (χ0v) is 12.3. The zero-order valence-electron chi connectivity index (χ0n) is 12.3. The molecule has 11 heteroatoms. The van der Waals surface area contributed by atoms with Gasteiger partial charge in [0.15, 0.2) is 0 Å². The number of unbranched alkanes of at least 4 members (excludes halogenated alkanes) is 1. The van der Waals surface area contributed by atoms with Gasteiger partial charge in [-0.2, -0.15) is 35.1 Å². The second kappa shape index (κ2) is 5.94. The molecule has 0 fully saturated rings. The van der Waals surface area contributed by atoms with Crippen LogP contribution in [-0.2, 0) is 0 Å². The summed E-state index contributed by atoms with van der Waals surface area (Å²) in [4.78, 5) is 0. The van der Waals surface area contributed by atoms with Crippen LogP contribution in [0, 0.1) is 0 Å². The molecule has 0 saturated heterocycles. The summed E-state index contributed by atoms with van der Waals surface area (Å²) in [5.74, 6) is -31.4. The molecule has 0 rings (SSSR count). The topological polar surface area (TPSA) is 0 Å². The Kier molecular flexibility index (Phi) is 5.75. The Balaban J connectivity index is 6.03. The molecule has 0 radical (unpaired) electrons. The third-order valence-electron chi connectivity index (χ3n) is 3.51. The largest absolute Gasteiger partial charge is 0.381 e. The van der Waals surface area contributed by atoms with E-state index in [1.165, 1.54) is 6.92 Å². The second-order valence-electron chi connectivity index (χ2n) is 5.42. The van der Waals surface area contributed by atoms with E-state index in [0.29, 0.717) is 0 Å². The summed E-state index contributed by atoms with van der Waals surface area (Å²) < 4.78 is 146. The highest BCUT2D eigenvalue weighted by atomic mass is 19.4. The number of halogens is 11. The normalized spacial score (nSPS) is 18.0. The predicted molar refractivity (Wildman–Crippen MR) is 59.4 cm³/mol. The van der Waals surface area contributed by atoms with Crippen molar-refractivity contribution in [3.63, 3.8) is 0 Å². The van der Waals surface area contributed by atoms with E-state index >= 15 is 0 Å². The van der Waals surface area contributed by atoms with Crippen LogP contribution in [0.25, 0.3) is 0 Å². The molecule has 0 aromatic rings. The van der Waals surface area contributed by atoms with Crippen molar-refractivity contribution >= 4 is 0 Å². The Morgan fingerprint density at radius 1 is 0.609 bits per heavy atom. The lowest BCUT2D eigenvalue weighted by Crippen LogP contribution is -2.70. The highest BCUT2D eigenvalue weighted by Gasteiger charge is 2.86. The monoisotopic (exact) mass is 368 g/mol. The average Bonchev–Trinajstić information content (AvgIpc) is 2.34. The summed E-state index contributed by atoms with van der Waals surface area (Å²) in [7, 11) is 0. The van der Waals surface area contributed by atoms with Crippen LogP contribution in [0.5, 0.6) is 0 Å². The van der Waals surface area contributed by atoms with Gasteiger partial charge in [-0.3, -0.25) is 0 Å². The molecule has 0 aliphatic carbocycles. The molecule has 0 aromatic carbocycles. The average molecular weight is 368 g/mol. The first-order valence-corrected chi connectivity index (χ1v) is 6.39. The quantitative estimate of drug-likeness (QED) is 0.454. The standard InChI is InChI=1S/C12H15F11/c1-4-5-6-9(16,17)11(20,21)12(22,23)10(18,19)7(2,13)8(3,14)15/h4-6H2,1-3H3. The molecule has 0 aliphatic heterocycles. The van der Waals surface area contributed by atoms with E-state index < -0.39 is 62.0 Å². The van der Waals surface area contributed by atoms with Crippen LogP contribution in [0.2, 0.25) is 0 Å². The Morgan fingerprint density at radius 3 is 1.30 bits per heavy atom. The minimum Gasteiger partial charge on any atom is -0.231 e. The molecule has 1 atom stereocenters. The molecule has 0 aliphatic rings. The fraction of sp³-hybridized carbons (Fsp3) is 1.00. The molecular weight excluding hydrogens is 353 g/mol. The van der Waals surface area contributed by atoms with E-state index in [0.717, 1.165) is 0 Å². The Bertz CT molecular complexity index is 406. The molecular formula is C12H15F11. The first-order chi connectivity index (χ1) is 9.81. The number of rotatable bonds is 8. The third kappa shape index (κ3) is 3.24. The maximum atomic E-state index is 13.5. The first kappa shape index (κ1) is 22.2. The molecule has 0 amide bonds. The Hall–Kier alpha value is -0.770. The molecule has 1 unspecified atom stereocenters. The van der Waals surface area contributed by atoms with Gasteiger partial charge in [0, 0.05) is 13.3 Å². The molecule has 0 spiro atoms. The van der Waals surface area contributed by atoms with Gasteiger partial charge in [0.25, 0.3) is 5.92 Å². The van der Waals surface area contributed by atoms with Gasteiger partial charge < -0.3 is 0 Å². The smallest absolute Gasteiger partial charge is 0.231 e. The van der Waals surface area contributed by atoms with Gasteiger partial charge in [0.2, 0.25) is 5.67 Å². The Labute approximate surface area is 125 Å². The van der Waals surface area contributed by atoms with Crippen molar-refractivity contribution in [2.45, 2.75) is 75.3 Å². The van der Waals surface area contributed by atoms with E-state index in [2.05, 4.69) is 0 Å². The molecule has 0 aromatic heterocycles. The van der Waals surface area contributed by atoms with Gasteiger partial charge in [-0.1, -0.05) is 13.3 Å². The number of hydrogen-bond acceptors (Lipinski definition) is 0.